The van der Waals surface area contributed by atoms with Crippen LogP contribution in [0.4, 0.5) is 0 Å². The maximum Gasteiger partial charge on any atom is 0.341 e. The highest BCUT2D eigenvalue weighted by molar-refractivity contribution is 5.86. The van der Waals surface area contributed by atoms with Crippen LogP contribution in [0.15, 0.2) is 24.4 Å². The lowest BCUT2D eigenvalue weighted by molar-refractivity contribution is -0.139. The number of aromatic nitrogens is 1. The number of carbonyl (C=O) groups is 1. The first-order valence-electron chi connectivity index (χ1n) is 5.61. The van der Waals surface area contributed by atoms with Gasteiger partial charge in [-0.2, -0.15) is 0 Å². The lowest BCUT2D eigenvalue weighted by Crippen LogP contribution is -2.09. The van der Waals surface area contributed by atoms with Crippen molar-refractivity contribution >= 4 is 16.9 Å². The standard InChI is InChI=1S/C13H12NO3/c15-13(16)8-17-12-3-1-2-11-10(12)6-7-14(11)9-4-5-9/h2-3,6-7,9H,4-5,8H2,(H,15,16). The topological polar surface area (TPSA) is 51.5 Å². The molecule has 1 aromatic carbocycles. The Morgan fingerprint density at radius 1 is 1.53 bits per heavy atom. The molecule has 1 aliphatic carbocycles. The number of aliphatic carboxylic acids is 1. The van der Waals surface area contributed by atoms with Gasteiger partial charge in [0.25, 0.3) is 0 Å². The van der Waals surface area contributed by atoms with Crippen LogP contribution in [0.25, 0.3) is 10.9 Å². The monoisotopic (exact) mass is 230 g/mol. The highest BCUT2D eigenvalue weighted by atomic mass is 16.5. The lowest BCUT2D eigenvalue weighted by Gasteiger charge is -2.06. The molecule has 1 aliphatic rings. The molecule has 1 heterocycles. The second kappa shape index (κ2) is 3.80. The van der Waals surface area contributed by atoms with E-state index < -0.39 is 5.97 Å². The summed E-state index contributed by atoms with van der Waals surface area (Å²) < 4.78 is 7.46. The molecule has 0 aliphatic heterocycles. The fourth-order valence-corrected chi connectivity index (χ4v) is 2.02. The molecule has 0 amide bonds. The first-order chi connectivity index (χ1) is 8.25. The Bertz CT molecular complexity index is 569. The molecule has 1 fully saturated rings. The molecule has 17 heavy (non-hydrogen) atoms. The summed E-state index contributed by atoms with van der Waals surface area (Å²) in [5.74, 6) is -0.382. The van der Waals surface area contributed by atoms with Crippen molar-refractivity contribution in [1.29, 1.82) is 0 Å². The molecule has 1 N–H and O–H groups in total. The minimum absolute atomic E-state index is 0.318. The molecular weight excluding hydrogens is 218 g/mol. The van der Waals surface area contributed by atoms with Gasteiger partial charge in [0.2, 0.25) is 0 Å². The quantitative estimate of drug-likeness (QED) is 0.876. The largest absolute Gasteiger partial charge is 0.481 e. The molecule has 87 valence electrons. The Hall–Kier alpha value is -1.97. The summed E-state index contributed by atoms with van der Waals surface area (Å²) in [5, 5.41) is 9.57. The van der Waals surface area contributed by atoms with Crippen molar-refractivity contribution in [3.05, 3.63) is 30.5 Å². The van der Waals surface area contributed by atoms with Gasteiger partial charge in [-0.25, -0.2) is 4.79 Å². The minimum atomic E-state index is -0.969. The van der Waals surface area contributed by atoms with Crippen molar-refractivity contribution in [2.75, 3.05) is 6.61 Å². The Morgan fingerprint density at radius 2 is 2.35 bits per heavy atom. The van der Waals surface area contributed by atoms with Crippen molar-refractivity contribution in [2.45, 2.75) is 18.9 Å². The maximum atomic E-state index is 10.5. The van der Waals surface area contributed by atoms with E-state index in [1.54, 1.807) is 6.07 Å². The van der Waals surface area contributed by atoms with Crippen molar-refractivity contribution in [1.82, 2.24) is 4.57 Å². The third-order valence-electron chi connectivity index (χ3n) is 2.95. The maximum absolute atomic E-state index is 10.5. The van der Waals surface area contributed by atoms with Gasteiger partial charge in [0, 0.05) is 17.6 Å². The van der Waals surface area contributed by atoms with E-state index in [0.29, 0.717) is 11.8 Å². The van der Waals surface area contributed by atoms with E-state index in [1.165, 1.54) is 12.8 Å². The smallest absolute Gasteiger partial charge is 0.341 e. The third-order valence-corrected chi connectivity index (χ3v) is 2.95. The number of benzene rings is 1. The number of ether oxygens (including phenoxy) is 1. The van der Waals surface area contributed by atoms with E-state index in [4.69, 9.17) is 9.84 Å². The Kier molecular flexibility index (Phi) is 2.28. The van der Waals surface area contributed by atoms with E-state index in [1.807, 2.05) is 18.3 Å². The van der Waals surface area contributed by atoms with Crippen LogP contribution in [0.3, 0.4) is 0 Å². The van der Waals surface area contributed by atoms with E-state index >= 15 is 0 Å². The van der Waals surface area contributed by atoms with Gasteiger partial charge >= 0.3 is 5.97 Å². The normalized spacial score (nSPS) is 15.1. The molecule has 0 bridgehead atoms. The second-order valence-electron chi connectivity index (χ2n) is 4.26. The zero-order valence-electron chi connectivity index (χ0n) is 9.22. The molecule has 0 spiro atoms. The van der Waals surface area contributed by atoms with Gasteiger partial charge < -0.3 is 14.4 Å². The van der Waals surface area contributed by atoms with Gasteiger partial charge in [-0.05, 0) is 37.1 Å². The molecule has 1 aromatic heterocycles. The van der Waals surface area contributed by atoms with E-state index in [9.17, 15) is 4.79 Å². The number of hydrogen-bond acceptors (Lipinski definition) is 2. The van der Waals surface area contributed by atoms with Gasteiger partial charge in [0.1, 0.15) is 5.75 Å². The fraction of sp³-hybridized carbons (Fsp3) is 0.308. The highest BCUT2D eigenvalue weighted by Crippen LogP contribution is 2.39. The van der Waals surface area contributed by atoms with Crippen LogP contribution in [0, 0.1) is 6.07 Å². The summed E-state index contributed by atoms with van der Waals surface area (Å²) in [5.41, 5.74) is 1.07. The number of rotatable bonds is 4. The van der Waals surface area contributed by atoms with Gasteiger partial charge in [-0.3, -0.25) is 0 Å². The molecule has 0 atom stereocenters. The van der Waals surface area contributed by atoms with Crippen LogP contribution >= 0.6 is 0 Å². The Balaban J connectivity index is 1.98. The minimum Gasteiger partial charge on any atom is -0.481 e. The number of nitrogens with zero attached hydrogens (tertiary/aromatic N) is 1. The van der Waals surface area contributed by atoms with Crippen LogP contribution in [0.2, 0.25) is 0 Å². The molecule has 1 saturated carbocycles. The second-order valence-corrected chi connectivity index (χ2v) is 4.26. The summed E-state index contributed by atoms with van der Waals surface area (Å²) in [6.45, 7) is -0.318. The van der Waals surface area contributed by atoms with Crippen LogP contribution in [0.5, 0.6) is 5.75 Å². The Morgan fingerprint density at radius 3 is 3.06 bits per heavy atom. The third kappa shape index (κ3) is 1.86. The van der Waals surface area contributed by atoms with E-state index in [2.05, 4.69) is 10.6 Å². The van der Waals surface area contributed by atoms with Crippen molar-refractivity contribution in [3.8, 4) is 5.75 Å². The number of hydrogen-bond donors (Lipinski definition) is 1. The summed E-state index contributed by atoms with van der Waals surface area (Å²) in [6, 6.07) is 9.16. The van der Waals surface area contributed by atoms with Crippen molar-refractivity contribution < 1.29 is 14.6 Å². The van der Waals surface area contributed by atoms with Crippen LogP contribution in [-0.2, 0) is 4.79 Å². The summed E-state index contributed by atoms with van der Waals surface area (Å²) in [6.07, 6.45) is 4.46. The van der Waals surface area contributed by atoms with Crippen LogP contribution in [-0.4, -0.2) is 22.2 Å². The number of carboxylic acid groups (broad SMARTS) is 1. The highest BCUT2D eigenvalue weighted by Gasteiger charge is 2.24. The zero-order chi connectivity index (χ0) is 11.8. The van der Waals surface area contributed by atoms with Crippen molar-refractivity contribution in [3.63, 3.8) is 0 Å². The Labute approximate surface area is 98.4 Å². The van der Waals surface area contributed by atoms with E-state index in [0.717, 1.165) is 10.9 Å². The molecule has 3 rings (SSSR count). The zero-order valence-corrected chi connectivity index (χ0v) is 9.22. The number of fused-ring (bicyclic) bond motifs is 1. The van der Waals surface area contributed by atoms with Crippen LogP contribution in [0.1, 0.15) is 18.9 Å². The summed E-state index contributed by atoms with van der Waals surface area (Å²) in [4.78, 5) is 10.5. The van der Waals surface area contributed by atoms with Gasteiger partial charge in [0.15, 0.2) is 6.61 Å². The average Bonchev–Trinajstić information content (AvgIpc) is 3.06. The average molecular weight is 230 g/mol. The van der Waals surface area contributed by atoms with Gasteiger partial charge in [-0.1, -0.05) is 0 Å². The molecule has 2 aromatic rings. The van der Waals surface area contributed by atoms with Crippen LogP contribution < -0.4 is 4.74 Å². The van der Waals surface area contributed by atoms with Gasteiger partial charge in [0.05, 0.1) is 5.52 Å². The molecule has 4 heteroatoms. The molecular formula is C13H12NO3. The number of carboxylic acids is 1. The lowest BCUT2D eigenvalue weighted by atomic mass is 10.2. The summed E-state index contributed by atoms with van der Waals surface area (Å²) >= 11 is 0. The van der Waals surface area contributed by atoms with Crippen molar-refractivity contribution in [2.24, 2.45) is 0 Å². The predicted molar refractivity (Wildman–Crippen MR) is 62.2 cm³/mol. The molecule has 1 radical (unpaired) electrons. The van der Waals surface area contributed by atoms with E-state index in [-0.39, 0.29) is 6.61 Å². The molecule has 0 saturated heterocycles. The van der Waals surface area contributed by atoms with Gasteiger partial charge in [-0.15, -0.1) is 0 Å². The molecule has 0 unspecified atom stereocenters. The predicted octanol–water partition coefficient (Wildman–Crippen LogP) is 2.24. The summed E-state index contributed by atoms with van der Waals surface area (Å²) in [7, 11) is 0. The fourth-order valence-electron chi connectivity index (χ4n) is 2.02. The first kappa shape index (κ1) is 10.2. The SMILES string of the molecule is O=C(O)COc1c[c]cc2c1ccn2C1CC1. The molecule has 4 nitrogen and oxygen atoms in total. The first-order valence-corrected chi connectivity index (χ1v) is 5.61.